The fourth-order valence-corrected chi connectivity index (χ4v) is 4.78. The first kappa shape index (κ1) is 28.0. The molecule has 0 aliphatic rings. The molecule has 0 radical (unpaired) electrons. The predicted molar refractivity (Wildman–Crippen MR) is 149 cm³/mol. The maximum absolute atomic E-state index is 14.2. The summed E-state index contributed by atoms with van der Waals surface area (Å²) in [5.41, 5.74) is 12.3. The average molecular weight is 564 g/mol. The van der Waals surface area contributed by atoms with Gasteiger partial charge < -0.3 is 26.3 Å². The van der Waals surface area contributed by atoms with Crippen LogP contribution in [-0.2, 0) is 11.3 Å². The fraction of sp³-hybridized carbons (Fsp3) is 0.143. The molecule has 0 spiro atoms. The van der Waals surface area contributed by atoms with E-state index in [1.165, 1.54) is 44.6 Å². The standard InChI is InChI=1S/C28H26FN5O5S/c1-38-19-12-13-21(39-2)20(14-19)34(28(37)25-22(30)23(26(31)35)33-40-25)24(17-8-10-18(29)11-9-17)27(36)32-15-16-6-4-3-5-7-16/h3-14,24H,15,30H2,1-2H3,(H2,31,35)(H,32,36)/t24-/m1/s1. The Hall–Kier alpha value is -4.97. The third-order valence-corrected chi connectivity index (χ3v) is 6.87. The van der Waals surface area contributed by atoms with Gasteiger partial charge in [-0.25, -0.2) is 4.39 Å². The number of anilines is 2. The van der Waals surface area contributed by atoms with Gasteiger partial charge in [0.2, 0.25) is 5.91 Å². The summed E-state index contributed by atoms with van der Waals surface area (Å²) in [5, 5.41) is 2.86. The second-order valence-corrected chi connectivity index (χ2v) is 9.28. The van der Waals surface area contributed by atoms with Crippen LogP contribution in [-0.4, -0.2) is 36.3 Å². The molecule has 3 amide bonds. The molecule has 206 valence electrons. The van der Waals surface area contributed by atoms with E-state index in [4.69, 9.17) is 20.9 Å². The van der Waals surface area contributed by atoms with Crippen molar-refractivity contribution in [3.05, 3.63) is 100 Å². The largest absolute Gasteiger partial charge is 0.497 e. The molecule has 0 unspecified atom stereocenters. The molecule has 0 saturated carbocycles. The van der Waals surface area contributed by atoms with Crippen molar-refractivity contribution >= 4 is 40.6 Å². The summed E-state index contributed by atoms with van der Waals surface area (Å²) in [6.07, 6.45) is 0. The Morgan fingerprint density at radius 3 is 2.33 bits per heavy atom. The topological polar surface area (TPSA) is 150 Å². The van der Waals surface area contributed by atoms with Crippen LogP contribution in [0.1, 0.15) is 37.3 Å². The summed E-state index contributed by atoms with van der Waals surface area (Å²) >= 11 is 0.665. The summed E-state index contributed by atoms with van der Waals surface area (Å²) in [4.78, 5) is 41.0. The Balaban J connectivity index is 1.91. The first-order valence-corrected chi connectivity index (χ1v) is 12.7. The number of nitrogen functional groups attached to an aromatic ring is 1. The lowest BCUT2D eigenvalue weighted by molar-refractivity contribution is -0.122. The zero-order valence-corrected chi connectivity index (χ0v) is 22.4. The van der Waals surface area contributed by atoms with Crippen molar-refractivity contribution in [3.8, 4) is 11.5 Å². The number of nitrogens with two attached hydrogens (primary N) is 2. The molecule has 4 rings (SSSR count). The van der Waals surface area contributed by atoms with Crippen LogP contribution in [0.3, 0.4) is 0 Å². The van der Waals surface area contributed by atoms with Crippen molar-refractivity contribution in [2.24, 2.45) is 5.73 Å². The van der Waals surface area contributed by atoms with E-state index in [1.54, 1.807) is 12.1 Å². The summed E-state index contributed by atoms with van der Waals surface area (Å²) in [5.74, 6) is -2.18. The Bertz CT molecular complexity index is 1530. The van der Waals surface area contributed by atoms with Crippen molar-refractivity contribution in [1.29, 1.82) is 0 Å². The number of nitrogens with zero attached hydrogens (tertiary/aromatic N) is 2. The molecular formula is C28H26FN5O5S. The number of benzene rings is 3. The first-order valence-electron chi connectivity index (χ1n) is 11.9. The number of primary amides is 1. The smallest absolute Gasteiger partial charge is 0.273 e. The van der Waals surface area contributed by atoms with Gasteiger partial charge in [-0.05, 0) is 46.9 Å². The monoisotopic (exact) mass is 563 g/mol. The maximum Gasteiger partial charge on any atom is 0.273 e. The lowest BCUT2D eigenvalue weighted by atomic mass is 10.0. The van der Waals surface area contributed by atoms with Crippen LogP contribution in [0.25, 0.3) is 0 Å². The van der Waals surface area contributed by atoms with E-state index in [0.717, 1.165) is 10.5 Å². The molecule has 1 heterocycles. The number of ether oxygens (including phenoxy) is 2. The lowest BCUT2D eigenvalue weighted by Gasteiger charge is -2.32. The highest BCUT2D eigenvalue weighted by molar-refractivity contribution is 7.09. The molecule has 5 N–H and O–H groups in total. The van der Waals surface area contributed by atoms with Crippen molar-refractivity contribution in [1.82, 2.24) is 9.69 Å². The summed E-state index contributed by atoms with van der Waals surface area (Å²) in [6.45, 7) is 0.156. The van der Waals surface area contributed by atoms with Gasteiger partial charge in [-0.3, -0.25) is 19.3 Å². The van der Waals surface area contributed by atoms with E-state index in [1.807, 2.05) is 30.3 Å². The van der Waals surface area contributed by atoms with Gasteiger partial charge in [0.25, 0.3) is 11.8 Å². The van der Waals surface area contributed by atoms with Crippen LogP contribution in [0.5, 0.6) is 11.5 Å². The summed E-state index contributed by atoms with van der Waals surface area (Å²) < 4.78 is 28.8. The Morgan fingerprint density at radius 2 is 1.73 bits per heavy atom. The van der Waals surface area contributed by atoms with Gasteiger partial charge in [0.15, 0.2) is 5.69 Å². The lowest BCUT2D eigenvalue weighted by Crippen LogP contribution is -2.44. The van der Waals surface area contributed by atoms with Crippen molar-refractivity contribution in [2.75, 3.05) is 24.9 Å². The van der Waals surface area contributed by atoms with Gasteiger partial charge >= 0.3 is 0 Å². The highest BCUT2D eigenvalue weighted by atomic mass is 32.1. The minimum absolute atomic E-state index is 0.123. The Morgan fingerprint density at radius 1 is 1.02 bits per heavy atom. The number of carbonyl (C=O) groups excluding carboxylic acids is 3. The van der Waals surface area contributed by atoms with Crippen LogP contribution < -0.4 is 31.2 Å². The Labute approximate surface area is 233 Å². The number of amides is 3. The number of hydrogen-bond acceptors (Lipinski definition) is 8. The zero-order chi connectivity index (χ0) is 28.8. The maximum atomic E-state index is 14.2. The van der Waals surface area contributed by atoms with Crippen molar-refractivity contribution < 1.29 is 28.2 Å². The molecule has 0 saturated heterocycles. The van der Waals surface area contributed by atoms with Gasteiger partial charge in [0.1, 0.15) is 28.2 Å². The van der Waals surface area contributed by atoms with Gasteiger partial charge in [-0.1, -0.05) is 42.5 Å². The predicted octanol–water partition coefficient (Wildman–Crippen LogP) is 3.69. The molecule has 1 aromatic heterocycles. The normalized spacial score (nSPS) is 11.4. The van der Waals surface area contributed by atoms with E-state index < -0.39 is 29.6 Å². The number of rotatable bonds is 10. The molecular weight excluding hydrogens is 537 g/mol. The minimum Gasteiger partial charge on any atom is -0.497 e. The van der Waals surface area contributed by atoms with E-state index in [-0.39, 0.29) is 34.2 Å². The zero-order valence-electron chi connectivity index (χ0n) is 21.6. The third-order valence-electron chi connectivity index (χ3n) is 6.02. The number of methoxy groups -OCH3 is 2. The van der Waals surface area contributed by atoms with Gasteiger partial charge in [0, 0.05) is 12.6 Å². The minimum atomic E-state index is -1.34. The molecule has 0 bridgehead atoms. The third kappa shape index (κ3) is 5.86. The van der Waals surface area contributed by atoms with Crippen LogP contribution in [0.4, 0.5) is 15.8 Å². The van der Waals surface area contributed by atoms with Gasteiger partial charge in [-0.2, -0.15) is 4.37 Å². The number of carbonyl (C=O) groups is 3. The number of aromatic nitrogens is 1. The van der Waals surface area contributed by atoms with Crippen LogP contribution in [0, 0.1) is 5.82 Å². The molecule has 0 fully saturated rings. The number of halogens is 1. The van der Waals surface area contributed by atoms with E-state index in [0.29, 0.717) is 22.8 Å². The van der Waals surface area contributed by atoms with Crippen LogP contribution >= 0.6 is 11.5 Å². The summed E-state index contributed by atoms with van der Waals surface area (Å²) in [6, 6.07) is 17.7. The Kier molecular flexibility index (Phi) is 8.60. The number of hydrogen-bond donors (Lipinski definition) is 3. The highest BCUT2D eigenvalue weighted by Gasteiger charge is 2.37. The number of nitrogens with one attached hydrogen (secondary N) is 1. The molecule has 0 aliphatic heterocycles. The summed E-state index contributed by atoms with van der Waals surface area (Å²) in [7, 11) is 2.85. The molecule has 12 heteroatoms. The van der Waals surface area contributed by atoms with Gasteiger partial charge in [0.05, 0.1) is 25.6 Å². The SMILES string of the molecule is COc1ccc(OC)c(N(C(=O)c2snc(C(N)=O)c2N)[C@@H](C(=O)NCc2ccccc2)c2ccc(F)cc2)c1. The molecule has 4 aromatic rings. The second kappa shape index (κ2) is 12.3. The molecule has 0 aliphatic carbocycles. The molecule has 3 aromatic carbocycles. The van der Waals surface area contributed by atoms with Crippen molar-refractivity contribution in [3.63, 3.8) is 0 Å². The quantitative estimate of drug-likeness (QED) is 0.266. The van der Waals surface area contributed by atoms with Crippen LogP contribution in [0.2, 0.25) is 0 Å². The van der Waals surface area contributed by atoms with E-state index in [9.17, 15) is 18.8 Å². The first-order chi connectivity index (χ1) is 19.2. The van der Waals surface area contributed by atoms with Crippen molar-refractivity contribution in [2.45, 2.75) is 12.6 Å². The van der Waals surface area contributed by atoms with Crippen LogP contribution in [0.15, 0.2) is 72.8 Å². The fourth-order valence-electron chi connectivity index (χ4n) is 4.03. The molecule has 1 atom stereocenters. The highest BCUT2D eigenvalue weighted by Crippen LogP contribution is 2.40. The van der Waals surface area contributed by atoms with E-state index in [2.05, 4.69) is 9.69 Å². The molecule has 10 nitrogen and oxygen atoms in total. The second-order valence-electron chi connectivity index (χ2n) is 8.51. The van der Waals surface area contributed by atoms with Gasteiger partial charge in [-0.15, -0.1) is 0 Å². The molecule has 40 heavy (non-hydrogen) atoms. The average Bonchev–Trinajstić information content (AvgIpc) is 3.36. The van der Waals surface area contributed by atoms with E-state index >= 15 is 0 Å².